The molecule has 0 bridgehead atoms. The summed E-state index contributed by atoms with van der Waals surface area (Å²) in [5.74, 6) is 0. The minimum absolute atomic E-state index is 0.792. The number of pyridine rings is 1. The Morgan fingerprint density at radius 3 is 1.14 bits per heavy atom. The summed E-state index contributed by atoms with van der Waals surface area (Å²) in [4.78, 5) is 5.65. The highest BCUT2D eigenvalue weighted by atomic mass is 28.3. The van der Waals surface area contributed by atoms with E-state index in [9.17, 15) is 0 Å². The van der Waals surface area contributed by atoms with Gasteiger partial charge in [0.2, 0.25) is 8.07 Å². The van der Waals surface area contributed by atoms with Crippen molar-refractivity contribution >= 4 is 79.8 Å². The third-order valence-corrected chi connectivity index (χ3v) is 21.0. The fourth-order valence-corrected chi connectivity index (χ4v) is 18.4. The number of aromatic nitrogens is 1. The van der Waals surface area contributed by atoms with Gasteiger partial charge in [-0.2, -0.15) is 0 Å². The predicted octanol–water partition coefficient (Wildman–Crippen LogP) is 7.40. The average molecular weight is 762 g/mol. The third-order valence-electron chi connectivity index (χ3n) is 11.6. The molecule has 10 rings (SSSR count). The summed E-state index contributed by atoms with van der Waals surface area (Å²) in [5, 5.41) is 11.4. The van der Waals surface area contributed by atoms with Crippen LogP contribution < -0.4 is 41.6 Å². The van der Waals surface area contributed by atoms with Crippen LogP contribution in [0.2, 0.25) is 0 Å². The summed E-state index contributed by atoms with van der Waals surface area (Å²) in [6.45, 7) is 0. The van der Waals surface area contributed by atoms with Gasteiger partial charge in [0.15, 0.2) is 13.7 Å². The summed E-state index contributed by atoms with van der Waals surface area (Å²) < 4.78 is 6.54. The maximum atomic E-state index is 6.54. The molecule has 0 fully saturated rings. The van der Waals surface area contributed by atoms with Crippen molar-refractivity contribution in [2.24, 2.45) is 0 Å². The first-order chi connectivity index (χ1) is 28.3. The first kappa shape index (κ1) is 34.6. The second kappa shape index (κ2) is 14.7. The minimum atomic E-state index is -2.83. The van der Waals surface area contributed by atoms with Gasteiger partial charge >= 0.3 is 0 Å². The van der Waals surface area contributed by atoms with Crippen LogP contribution in [-0.4, -0.2) is 21.1 Å². The van der Waals surface area contributed by atoms with Crippen molar-refractivity contribution in [3.63, 3.8) is 0 Å². The molecule has 0 N–H and O–H groups in total. The SMILES string of the molecule is c1ccc([Si](c2ccccc2)(c2ccccc2)c2cccc(-c3ccc4oc5ccc([Si](c6ccccc6)(c6ccccc6)c6ccccc6)nc5c4c3)c2)cc1. The van der Waals surface area contributed by atoms with E-state index in [0.29, 0.717) is 0 Å². The van der Waals surface area contributed by atoms with Gasteiger partial charge in [-0.05, 0) is 71.7 Å². The van der Waals surface area contributed by atoms with Crippen LogP contribution in [-0.2, 0) is 0 Å². The summed E-state index contributed by atoms with van der Waals surface area (Å²) >= 11 is 0. The van der Waals surface area contributed by atoms with Gasteiger partial charge in [0, 0.05) is 10.7 Å². The first-order valence-corrected chi connectivity index (χ1v) is 23.5. The lowest BCUT2D eigenvalue weighted by molar-refractivity contribution is 0.668. The van der Waals surface area contributed by atoms with Crippen molar-refractivity contribution in [2.45, 2.75) is 0 Å². The fourth-order valence-electron chi connectivity index (χ4n) is 9.04. The van der Waals surface area contributed by atoms with Gasteiger partial charge in [0.1, 0.15) is 11.1 Å². The van der Waals surface area contributed by atoms with Gasteiger partial charge < -0.3 is 4.42 Å². The number of benzene rings is 8. The minimum Gasteiger partial charge on any atom is -0.454 e. The number of hydrogen-bond acceptors (Lipinski definition) is 2. The largest absolute Gasteiger partial charge is 0.454 e. The molecule has 0 saturated heterocycles. The monoisotopic (exact) mass is 761 g/mol. The molecule has 2 nitrogen and oxygen atoms in total. The number of rotatable bonds is 9. The molecule has 8 aromatic carbocycles. The smallest absolute Gasteiger partial charge is 0.201 e. The second-order valence-electron chi connectivity index (χ2n) is 14.6. The van der Waals surface area contributed by atoms with Crippen molar-refractivity contribution in [3.8, 4) is 11.1 Å². The molecule has 270 valence electrons. The zero-order chi connectivity index (χ0) is 38.1. The highest BCUT2D eigenvalue weighted by Crippen LogP contribution is 2.31. The number of hydrogen-bond donors (Lipinski definition) is 0. The normalized spacial score (nSPS) is 11.9. The lowest BCUT2D eigenvalue weighted by atomic mass is 10.0. The van der Waals surface area contributed by atoms with Gasteiger partial charge in [0.05, 0.1) is 0 Å². The lowest BCUT2D eigenvalue weighted by Crippen LogP contribution is -2.75. The van der Waals surface area contributed by atoms with Crippen molar-refractivity contribution in [3.05, 3.63) is 237 Å². The quantitative estimate of drug-likeness (QED) is 0.113. The molecule has 0 aliphatic rings. The molecule has 0 spiro atoms. The summed E-state index contributed by atoms with van der Waals surface area (Å²) in [5.41, 5.74) is 4.82. The third kappa shape index (κ3) is 5.81. The maximum Gasteiger partial charge on any atom is 0.201 e. The zero-order valence-corrected chi connectivity index (χ0v) is 33.4. The lowest BCUT2D eigenvalue weighted by Gasteiger charge is -2.34. The molecule has 57 heavy (non-hydrogen) atoms. The average Bonchev–Trinajstić information content (AvgIpc) is 3.67. The van der Waals surface area contributed by atoms with Gasteiger partial charge in [-0.1, -0.05) is 212 Å². The molecule has 0 saturated carbocycles. The van der Waals surface area contributed by atoms with Crippen LogP contribution in [0.1, 0.15) is 0 Å². The van der Waals surface area contributed by atoms with Crippen LogP contribution in [0.4, 0.5) is 0 Å². The van der Waals surface area contributed by atoms with Crippen molar-refractivity contribution < 1.29 is 4.42 Å². The molecule has 0 amide bonds. The van der Waals surface area contributed by atoms with Crippen LogP contribution in [0.5, 0.6) is 0 Å². The fraction of sp³-hybridized carbons (Fsp3) is 0. The van der Waals surface area contributed by atoms with E-state index < -0.39 is 16.1 Å². The maximum absolute atomic E-state index is 6.54. The highest BCUT2D eigenvalue weighted by Gasteiger charge is 2.44. The Hall–Kier alpha value is -6.86. The number of furan rings is 1. The molecule has 2 heterocycles. The van der Waals surface area contributed by atoms with E-state index in [2.05, 4.69) is 237 Å². The highest BCUT2D eigenvalue weighted by molar-refractivity contribution is 7.20. The Morgan fingerprint density at radius 2 is 0.684 bits per heavy atom. The Labute approximate surface area is 335 Å². The molecule has 0 aliphatic carbocycles. The number of nitrogens with zero attached hydrogens (tertiary/aromatic N) is 1. The molecular formula is C53H39NOSi2. The van der Waals surface area contributed by atoms with Crippen molar-refractivity contribution in [2.75, 3.05) is 0 Å². The molecule has 0 unspecified atom stereocenters. The van der Waals surface area contributed by atoms with Gasteiger partial charge in [-0.15, -0.1) is 0 Å². The summed E-state index contributed by atoms with van der Waals surface area (Å²) in [6, 6.07) is 86.4. The second-order valence-corrected chi connectivity index (χ2v) is 22.2. The van der Waals surface area contributed by atoms with Crippen LogP contribution in [0.25, 0.3) is 33.2 Å². The van der Waals surface area contributed by atoms with E-state index in [1.807, 2.05) is 0 Å². The summed E-state index contributed by atoms with van der Waals surface area (Å²) in [7, 11) is -5.53. The standard InChI is InChI=1S/C53H39NOSi2/c1-7-21-42(22-8-1)56(43-23-9-2-10-24-43,44-25-11-3-12-26-44)48-33-19-20-40(38-48)41-34-35-50-49(39-41)53-51(55-50)36-37-52(54-53)57(45-27-13-4-14-28-45,46-29-15-5-16-30-46)47-31-17-6-18-32-47/h1-39H. The van der Waals surface area contributed by atoms with E-state index in [-0.39, 0.29) is 0 Å². The van der Waals surface area contributed by atoms with E-state index in [1.54, 1.807) is 0 Å². The molecular weight excluding hydrogens is 723 g/mol. The molecule has 0 radical (unpaired) electrons. The molecule has 0 atom stereocenters. The van der Waals surface area contributed by atoms with Gasteiger partial charge in [0.25, 0.3) is 0 Å². The van der Waals surface area contributed by atoms with Crippen molar-refractivity contribution in [1.82, 2.24) is 4.98 Å². The van der Waals surface area contributed by atoms with E-state index in [1.165, 1.54) is 41.9 Å². The Bertz CT molecular complexity index is 2740. The van der Waals surface area contributed by atoms with Crippen LogP contribution >= 0.6 is 0 Å². The van der Waals surface area contributed by atoms with Crippen LogP contribution in [0.3, 0.4) is 0 Å². The van der Waals surface area contributed by atoms with Gasteiger partial charge in [-0.25, -0.2) is 0 Å². The zero-order valence-electron chi connectivity index (χ0n) is 31.4. The van der Waals surface area contributed by atoms with E-state index in [4.69, 9.17) is 9.40 Å². The molecule has 0 aliphatic heterocycles. The Balaban J connectivity index is 1.18. The summed E-state index contributed by atoms with van der Waals surface area (Å²) in [6.07, 6.45) is 0. The Kier molecular flexibility index (Phi) is 8.90. The molecule has 10 aromatic rings. The van der Waals surface area contributed by atoms with Crippen LogP contribution in [0, 0.1) is 0 Å². The predicted molar refractivity (Wildman–Crippen MR) is 244 cm³/mol. The van der Waals surface area contributed by atoms with Gasteiger partial charge in [-0.3, -0.25) is 4.98 Å². The topological polar surface area (TPSA) is 26.0 Å². The van der Waals surface area contributed by atoms with E-state index >= 15 is 0 Å². The first-order valence-electron chi connectivity index (χ1n) is 19.5. The van der Waals surface area contributed by atoms with Crippen molar-refractivity contribution in [1.29, 1.82) is 0 Å². The van der Waals surface area contributed by atoms with E-state index in [0.717, 1.165) is 32.9 Å². The number of fused-ring (bicyclic) bond motifs is 3. The molecule has 2 aromatic heterocycles. The van der Waals surface area contributed by atoms with Crippen LogP contribution in [0.15, 0.2) is 241 Å². The Morgan fingerprint density at radius 1 is 0.298 bits per heavy atom. The molecule has 4 heteroatoms.